The number of amides is 1. The molecule has 0 unspecified atom stereocenters. The summed E-state index contributed by atoms with van der Waals surface area (Å²) < 4.78 is 103. The van der Waals surface area contributed by atoms with Crippen molar-refractivity contribution in [2.45, 2.75) is 38.9 Å². The van der Waals surface area contributed by atoms with E-state index >= 15 is 0 Å². The highest BCUT2D eigenvalue weighted by molar-refractivity contribution is 7.92. The van der Waals surface area contributed by atoms with Crippen LogP contribution in [0, 0.1) is 11.6 Å². The van der Waals surface area contributed by atoms with Gasteiger partial charge in [0.15, 0.2) is 17.3 Å². The van der Waals surface area contributed by atoms with Crippen LogP contribution in [0.4, 0.5) is 27.6 Å². The third kappa shape index (κ3) is 6.96. The third-order valence-electron chi connectivity index (χ3n) is 5.05. The van der Waals surface area contributed by atoms with Crippen molar-refractivity contribution in [3.63, 3.8) is 0 Å². The van der Waals surface area contributed by atoms with Gasteiger partial charge < -0.3 is 14.5 Å². The molecule has 1 atom stereocenters. The fourth-order valence-electron chi connectivity index (χ4n) is 3.42. The van der Waals surface area contributed by atoms with E-state index in [0.717, 1.165) is 30.7 Å². The van der Waals surface area contributed by atoms with Crippen LogP contribution in [0.2, 0.25) is 0 Å². The molecule has 0 fully saturated rings. The molecule has 0 bridgehead atoms. The molecule has 200 valence electrons. The number of benzene rings is 2. The van der Waals surface area contributed by atoms with Crippen LogP contribution >= 0.6 is 0 Å². The number of hydrogen-bond donors (Lipinski definition) is 2. The monoisotopic (exact) mass is 547 g/mol. The Kier molecular flexibility index (Phi) is 8.10. The number of aromatic nitrogens is 1. The van der Waals surface area contributed by atoms with Crippen LogP contribution in [0.15, 0.2) is 41.0 Å². The summed E-state index contributed by atoms with van der Waals surface area (Å²) in [6, 6.07) is 4.17. The average molecular weight is 548 g/mol. The molecule has 1 aromatic heterocycles. The van der Waals surface area contributed by atoms with Crippen molar-refractivity contribution in [2.24, 2.45) is 0 Å². The Balaban J connectivity index is 1.76. The van der Waals surface area contributed by atoms with Gasteiger partial charge in [-0.3, -0.25) is 9.52 Å². The minimum Gasteiger partial charge on any atom is -0.416 e. The molecule has 1 heterocycles. The lowest BCUT2D eigenvalue weighted by molar-refractivity contribution is -0.138. The first-order chi connectivity index (χ1) is 17.2. The Labute approximate surface area is 208 Å². The second-order valence-electron chi connectivity index (χ2n) is 8.06. The molecule has 37 heavy (non-hydrogen) atoms. The maximum absolute atomic E-state index is 14.3. The highest BCUT2D eigenvalue weighted by Gasteiger charge is 2.34. The van der Waals surface area contributed by atoms with Crippen LogP contribution in [0.25, 0.3) is 0 Å². The van der Waals surface area contributed by atoms with Gasteiger partial charge in [-0.25, -0.2) is 17.2 Å². The van der Waals surface area contributed by atoms with Gasteiger partial charge in [0.05, 0.1) is 17.9 Å². The summed E-state index contributed by atoms with van der Waals surface area (Å²) in [4.78, 5) is 16.4. The van der Waals surface area contributed by atoms with Crippen molar-refractivity contribution < 1.29 is 44.3 Å². The van der Waals surface area contributed by atoms with Crippen LogP contribution in [0.1, 0.15) is 53.5 Å². The largest absolute Gasteiger partial charge is 0.416 e. The Morgan fingerprint density at radius 3 is 2.41 bits per heavy atom. The summed E-state index contributed by atoms with van der Waals surface area (Å²) in [7, 11) is -3.93. The fraction of sp³-hybridized carbons (Fsp3) is 0.304. The Morgan fingerprint density at radius 2 is 1.84 bits per heavy atom. The molecule has 2 N–H and O–H groups in total. The normalized spacial score (nSPS) is 12.8. The van der Waals surface area contributed by atoms with E-state index < -0.39 is 57.1 Å². The van der Waals surface area contributed by atoms with Crippen LogP contribution < -0.4 is 14.8 Å². The van der Waals surface area contributed by atoms with Crippen molar-refractivity contribution in [2.75, 3.05) is 11.0 Å². The fourth-order valence-corrected chi connectivity index (χ4v) is 3.98. The van der Waals surface area contributed by atoms with Crippen LogP contribution in [-0.2, 0) is 22.6 Å². The van der Waals surface area contributed by atoms with Gasteiger partial charge >= 0.3 is 12.3 Å². The smallest absolute Gasteiger partial charge is 0.416 e. The third-order valence-corrected chi connectivity index (χ3v) is 5.63. The van der Waals surface area contributed by atoms with Crippen molar-refractivity contribution >= 4 is 21.6 Å². The van der Waals surface area contributed by atoms with Crippen molar-refractivity contribution in [3.8, 4) is 11.8 Å². The summed E-state index contributed by atoms with van der Waals surface area (Å²) in [5, 5.41) is 2.43. The van der Waals surface area contributed by atoms with E-state index in [1.165, 1.54) is 19.1 Å². The number of anilines is 1. The molecule has 0 aliphatic carbocycles. The molecule has 0 saturated carbocycles. The van der Waals surface area contributed by atoms with Gasteiger partial charge in [0, 0.05) is 5.56 Å². The molecule has 0 aliphatic heterocycles. The van der Waals surface area contributed by atoms with E-state index in [1.54, 1.807) is 11.6 Å². The molecule has 1 amide bonds. The number of alkyl halides is 3. The van der Waals surface area contributed by atoms with Crippen LogP contribution in [-0.4, -0.2) is 25.6 Å². The van der Waals surface area contributed by atoms with Gasteiger partial charge in [-0.2, -0.15) is 18.2 Å². The van der Waals surface area contributed by atoms with Crippen molar-refractivity contribution in [1.29, 1.82) is 0 Å². The second kappa shape index (κ2) is 10.7. The van der Waals surface area contributed by atoms with E-state index in [1.807, 2.05) is 0 Å². The zero-order valence-electron chi connectivity index (χ0n) is 19.7. The molecular formula is C23H22F5N3O5S. The van der Waals surface area contributed by atoms with E-state index in [4.69, 9.17) is 9.15 Å². The molecule has 0 spiro atoms. The number of nitrogens with zero attached hydrogens (tertiary/aromatic N) is 1. The van der Waals surface area contributed by atoms with Gasteiger partial charge in [-0.15, -0.1) is 0 Å². The van der Waals surface area contributed by atoms with Gasteiger partial charge in [-0.1, -0.05) is 19.4 Å². The zero-order valence-corrected chi connectivity index (χ0v) is 20.6. The van der Waals surface area contributed by atoms with E-state index in [9.17, 15) is 35.2 Å². The lowest BCUT2D eigenvalue weighted by atomic mass is 10.0. The summed E-state index contributed by atoms with van der Waals surface area (Å²) in [5.41, 5.74) is -2.13. The number of carbonyl (C=O) groups is 1. The molecule has 0 radical (unpaired) electrons. The highest BCUT2D eigenvalue weighted by Crippen LogP contribution is 2.38. The van der Waals surface area contributed by atoms with E-state index in [0.29, 0.717) is 6.42 Å². The molecule has 0 saturated heterocycles. The van der Waals surface area contributed by atoms with Gasteiger partial charge in [0.1, 0.15) is 17.7 Å². The Hall–Kier alpha value is -3.68. The molecule has 3 aromatic rings. The van der Waals surface area contributed by atoms with Crippen LogP contribution in [0.3, 0.4) is 0 Å². The first-order valence-electron chi connectivity index (χ1n) is 10.8. The lowest BCUT2D eigenvalue weighted by Gasteiger charge is -2.16. The summed E-state index contributed by atoms with van der Waals surface area (Å²) in [6.07, 6.45) is -2.96. The maximum atomic E-state index is 14.3. The number of carbonyl (C=O) groups excluding carboxylic acids is 1. The molecule has 8 nitrogen and oxygen atoms in total. The number of oxazole rings is 1. The average Bonchev–Trinajstić information content (AvgIpc) is 3.24. The van der Waals surface area contributed by atoms with Crippen LogP contribution in [0.5, 0.6) is 11.8 Å². The molecule has 14 heteroatoms. The maximum Gasteiger partial charge on any atom is 0.416 e. The minimum atomic E-state index is -4.60. The van der Waals surface area contributed by atoms with E-state index in [2.05, 4.69) is 10.3 Å². The SMILES string of the molecule is CCCc1c(Oc2nc(C(=O)N[C@H](C)c3cc(F)c(NS(C)(=O)=O)c(F)c3)co2)cccc1C(F)(F)F. The molecule has 2 aromatic carbocycles. The quantitative estimate of drug-likeness (QED) is 0.339. The lowest BCUT2D eigenvalue weighted by Crippen LogP contribution is -2.27. The van der Waals surface area contributed by atoms with Crippen molar-refractivity contribution in [1.82, 2.24) is 10.3 Å². The Morgan fingerprint density at radius 1 is 1.19 bits per heavy atom. The van der Waals surface area contributed by atoms with Gasteiger partial charge in [0.25, 0.3) is 5.91 Å². The first kappa shape index (κ1) is 27.9. The predicted molar refractivity (Wildman–Crippen MR) is 123 cm³/mol. The standard InChI is InChI=1S/C23H22F5N3O5S/c1-4-6-14-15(23(26,27)28)7-5-8-19(14)36-22-30-18(11-35-22)21(32)29-12(2)13-9-16(24)20(17(25)10-13)31-37(3,33)34/h5,7-12,31H,4,6H2,1-3H3,(H,29,32)/t12-/m1/s1. The highest BCUT2D eigenvalue weighted by atomic mass is 32.2. The minimum absolute atomic E-state index is 0.0180. The number of rotatable bonds is 9. The topological polar surface area (TPSA) is 111 Å². The zero-order chi connectivity index (χ0) is 27.5. The number of hydrogen-bond acceptors (Lipinski definition) is 6. The molecule has 0 aliphatic rings. The molecular weight excluding hydrogens is 525 g/mol. The summed E-state index contributed by atoms with van der Waals surface area (Å²) in [5.74, 6) is -3.35. The number of nitrogens with one attached hydrogen (secondary N) is 2. The van der Waals surface area contributed by atoms with E-state index in [-0.39, 0.29) is 29.0 Å². The van der Waals surface area contributed by atoms with Gasteiger partial charge in [0.2, 0.25) is 10.0 Å². The van der Waals surface area contributed by atoms with Gasteiger partial charge in [-0.05, 0) is 43.2 Å². The Bertz CT molecular complexity index is 1380. The number of sulfonamides is 1. The van der Waals surface area contributed by atoms with Crippen molar-refractivity contribution in [3.05, 3.63) is 70.6 Å². The summed E-state index contributed by atoms with van der Waals surface area (Å²) >= 11 is 0. The number of halogens is 5. The second-order valence-corrected chi connectivity index (χ2v) is 9.81. The predicted octanol–water partition coefficient (Wildman–Crippen LogP) is 5.58. The number of ether oxygens (including phenoxy) is 1. The summed E-state index contributed by atoms with van der Waals surface area (Å²) in [6.45, 7) is 3.12. The first-order valence-corrected chi connectivity index (χ1v) is 12.7. The molecule has 3 rings (SSSR count).